The Morgan fingerprint density at radius 3 is 2.41 bits per heavy atom. The maximum Gasteiger partial charge on any atom is 0.282 e. The van der Waals surface area contributed by atoms with Gasteiger partial charge in [0.15, 0.2) is 0 Å². The summed E-state index contributed by atoms with van der Waals surface area (Å²) < 4.78 is 23.3. The van der Waals surface area contributed by atoms with E-state index in [1.54, 1.807) is 18.2 Å². The fourth-order valence-corrected chi connectivity index (χ4v) is 6.94. The van der Waals surface area contributed by atoms with Gasteiger partial charge in [0.2, 0.25) is 0 Å². The second-order valence-electron chi connectivity index (χ2n) is 15.3. The van der Waals surface area contributed by atoms with Crippen LogP contribution < -0.4 is 21.1 Å². The lowest BCUT2D eigenvalue weighted by atomic mass is 9.86. The standard InChI is InChI=1S/C41H50FN7O3.C2H6/c1-9-15-41(8)46-38(50)34(45-36-14-13-30(24-43-36)48-18-16-47(17-19-48)26(2)3)20-27(4)31-11-10-12-35(32(31)25-52-41)49-39(51)37-28(23-44-49)21-29(22-33(37)42)40(5,6)7;1-2/h10-14,20-24,26H,4,9,15-19,25H2,1-3,5-8H3,(H,43,45)(H,46,50);1-2H3/b34-20+;. The summed E-state index contributed by atoms with van der Waals surface area (Å²) in [5.74, 6) is -0.458. The van der Waals surface area contributed by atoms with Crippen LogP contribution in [-0.2, 0) is 21.6 Å². The van der Waals surface area contributed by atoms with Crippen molar-refractivity contribution in [1.82, 2.24) is 25.0 Å². The number of amides is 1. The highest BCUT2D eigenvalue weighted by atomic mass is 19.1. The van der Waals surface area contributed by atoms with Crippen LogP contribution in [0.5, 0.6) is 0 Å². The average molecular weight is 738 g/mol. The number of carbonyl (C=O) groups is 1. The largest absolute Gasteiger partial charge is 0.368 e. The zero-order chi connectivity index (χ0) is 39.4. The van der Waals surface area contributed by atoms with E-state index in [-0.39, 0.29) is 29.0 Å². The molecule has 2 aliphatic heterocycles. The Morgan fingerprint density at radius 1 is 1.06 bits per heavy atom. The van der Waals surface area contributed by atoms with E-state index in [1.165, 1.54) is 16.9 Å². The van der Waals surface area contributed by atoms with Gasteiger partial charge in [0.1, 0.15) is 23.1 Å². The first-order valence-electron chi connectivity index (χ1n) is 19.1. The van der Waals surface area contributed by atoms with Gasteiger partial charge < -0.3 is 20.3 Å². The SMILES string of the molecule is C=C1/C=C(/Nc2ccc(N3CCN(C(C)C)CC3)cn2)C(=O)NC(C)(CCC)OCc2c1cccc2-n1ncc2cc(C(C)(C)C)cc(F)c2c1=O.CC. The predicted molar refractivity (Wildman–Crippen MR) is 217 cm³/mol. The van der Waals surface area contributed by atoms with Crippen LogP contribution in [0.15, 0.2) is 78.0 Å². The minimum absolute atomic E-state index is 0.0317. The molecular weight excluding hydrogens is 682 g/mol. The van der Waals surface area contributed by atoms with Crippen LogP contribution >= 0.6 is 0 Å². The number of aromatic nitrogens is 3. The number of nitrogens with zero attached hydrogens (tertiary/aromatic N) is 5. The zero-order valence-corrected chi connectivity index (χ0v) is 33.3. The van der Waals surface area contributed by atoms with Crippen molar-refractivity contribution in [3.05, 3.63) is 106 Å². The van der Waals surface area contributed by atoms with Gasteiger partial charge in [0.05, 0.1) is 35.8 Å². The minimum Gasteiger partial charge on any atom is -0.368 e. The number of benzene rings is 2. The van der Waals surface area contributed by atoms with Crippen LogP contribution in [0, 0.1) is 5.82 Å². The molecule has 1 amide bonds. The lowest BCUT2D eigenvalue weighted by molar-refractivity contribution is -0.131. The molecule has 0 aliphatic carbocycles. The number of fused-ring (bicyclic) bond motifs is 2. The molecule has 6 rings (SSSR count). The summed E-state index contributed by atoms with van der Waals surface area (Å²) >= 11 is 0. The number of nitrogens with one attached hydrogen (secondary N) is 2. The Bertz CT molecular complexity index is 2080. The lowest BCUT2D eigenvalue weighted by Crippen LogP contribution is -2.49. The van der Waals surface area contributed by atoms with Crippen LogP contribution in [0.3, 0.4) is 0 Å². The van der Waals surface area contributed by atoms with Gasteiger partial charge in [-0.05, 0) is 85.7 Å². The average Bonchev–Trinajstić information content (AvgIpc) is 3.14. The molecule has 2 aliphatic rings. The van der Waals surface area contributed by atoms with E-state index in [2.05, 4.69) is 50.9 Å². The maximum absolute atomic E-state index is 15.6. The van der Waals surface area contributed by atoms with Gasteiger partial charge >= 0.3 is 0 Å². The second kappa shape index (κ2) is 16.7. The van der Waals surface area contributed by atoms with Gasteiger partial charge in [-0.1, -0.05) is 66.7 Å². The van der Waals surface area contributed by atoms with Crippen molar-refractivity contribution < 1.29 is 13.9 Å². The number of halogens is 1. The van der Waals surface area contributed by atoms with Crippen molar-refractivity contribution in [3.63, 3.8) is 0 Å². The van der Waals surface area contributed by atoms with E-state index >= 15 is 4.39 Å². The summed E-state index contributed by atoms with van der Waals surface area (Å²) in [6.45, 7) is 26.5. The molecule has 2 aromatic heterocycles. The molecule has 10 nitrogen and oxygen atoms in total. The molecule has 2 N–H and O–H groups in total. The normalized spacial score (nSPS) is 19.4. The number of carbonyl (C=O) groups excluding carboxylic acids is 1. The topological polar surface area (TPSA) is 105 Å². The Kier molecular flexibility index (Phi) is 12.4. The molecule has 4 aromatic rings. The van der Waals surface area contributed by atoms with Gasteiger partial charge in [0.25, 0.3) is 11.5 Å². The molecule has 4 heterocycles. The number of anilines is 2. The van der Waals surface area contributed by atoms with Crippen molar-refractivity contribution in [2.45, 2.75) is 98.9 Å². The highest BCUT2D eigenvalue weighted by Gasteiger charge is 2.31. The quantitative estimate of drug-likeness (QED) is 0.197. The van der Waals surface area contributed by atoms with Gasteiger partial charge in [-0.2, -0.15) is 9.78 Å². The van der Waals surface area contributed by atoms with Crippen LogP contribution in [0.25, 0.3) is 22.0 Å². The van der Waals surface area contributed by atoms with Gasteiger partial charge in [-0.15, -0.1) is 0 Å². The molecule has 1 atom stereocenters. The van der Waals surface area contributed by atoms with E-state index in [4.69, 9.17) is 4.74 Å². The van der Waals surface area contributed by atoms with Crippen LogP contribution in [0.2, 0.25) is 0 Å². The molecule has 54 heavy (non-hydrogen) atoms. The van der Waals surface area contributed by atoms with Gasteiger partial charge in [-0.3, -0.25) is 14.5 Å². The Hall–Kier alpha value is -4.87. The Balaban J connectivity index is 0.00000276. The highest BCUT2D eigenvalue weighted by molar-refractivity contribution is 5.99. The molecule has 288 valence electrons. The monoisotopic (exact) mass is 737 g/mol. The number of hydrogen-bond acceptors (Lipinski definition) is 8. The fraction of sp³-hybridized carbons (Fsp3) is 0.442. The summed E-state index contributed by atoms with van der Waals surface area (Å²) in [5.41, 5.74) is 2.33. The van der Waals surface area contributed by atoms with Crippen molar-refractivity contribution >= 4 is 33.8 Å². The summed E-state index contributed by atoms with van der Waals surface area (Å²) in [7, 11) is 0. The molecule has 1 fully saturated rings. The highest BCUT2D eigenvalue weighted by Crippen LogP contribution is 2.31. The van der Waals surface area contributed by atoms with E-state index < -0.39 is 17.1 Å². The third-order valence-corrected chi connectivity index (χ3v) is 10.1. The third-order valence-electron chi connectivity index (χ3n) is 10.1. The number of ether oxygens (including phenoxy) is 1. The molecule has 0 radical (unpaired) electrons. The van der Waals surface area contributed by atoms with E-state index in [9.17, 15) is 9.59 Å². The first-order valence-corrected chi connectivity index (χ1v) is 19.1. The second-order valence-corrected chi connectivity index (χ2v) is 15.3. The summed E-state index contributed by atoms with van der Waals surface area (Å²) in [6.07, 6.45) is 6.30. The van der Waals surface area contributed by atoms with Gasteiger partial charge in [-0.25, -0.2) is 9.37 Å². The molecule has 1 unspecified atom stereocenters. The van der Waals surface area contributed by atoms with E-state index in [0.29, 0.717) is 46.1 Å². The molecule has 0 spiro atoms. The van der Waals surface area contributed by atoms with Crippen molar-refractivity contribution in [2.24, 2.45) is 0 Å². The van der Waals surface area contributed by atoms with E-state index in [0.717, 1.165) is 43.9 Å². The molecule has 0 bridgehead atoms. The number of rotatable bonds is 7. The number of piperazine rings is 1. The lowest BCUT2D eigenvalue weighted by Gasteiger charge is -2.38. The van der Waals surface area contributed by atoms with E-state index in [1.807, 2.05) is 78.9 Å². The van der Waals surface area contributed by atoms with Gasteiger partial charge in [0, 0.05) is 43.2 Å². The Labute approximate surface area is 319 Å². The number of hydrogen-bond donors (Lipinski definition) is 2. The zero-order valence-electron chi connectivity index (χ0n) is 33.3. The summed E-state index contributed by atoms with van der Waals surface area (Å²) in [4.78, 5) is 37.3. The maximum atomic E-state index is 15.6. The molecule has 0 saturated carbocycles. The fourth-order valence-electron chi connectivity index (χ4n) is 6.94. The predicted octanol–water partition coefficient (Wildman–Crippen LogP) is 7.95. The minimum atomic E-state index is -1.05. The number of pyridine rings is 1. The summed E-state index contributed by atoms with van der Waals surface area (Å²) in [5, 5.41) is 11.2. The molecular formula is C43H56FN7O3. The smallest absolute Gasteiger partial charge is 0.282 e. The third kappa shape index (κ3) is 8.74. The van der Waals surface area contributed by atoms with Crippen molar-refractivity contribution in [2.75, 3.05) is 36.4 Å². The first kappa shape index (κ1) is 40.3. The molecule has 2 aromatic carbocycles. The van der Waals surface area contributed by atoms with Crippen molar-refractivity contribution in [3.8, 4) is 5.69 Å². The Morgan fingerprint density at radius 2 is 1.78 bits per heavy atom. The van der Waals surface area contributed by atoms with Crippen LogP contribution in [-0.4, -0.2) is 63.5 Å². The first-order chi connectivity index (χ1) is 25.7. The molecule has 1 saturated heterocycles. The molecule has 11 heteroatoms. The summed E-state index contributed by atoms with van der Waals surface area (Å²) in [6, 6.07) is 13.1. The van der Waals surface area contributed by atoms with Crippen LogP contribution in [0.4, 0.5) is 15.9 Å². The number of allylic oxidation sites excluding steroid dienone is 2. The van der Waals surface area contributed by atoms with Crippen molar-refractivity contribution in [1.29, 1.82) is 0 Å². The van der Waals surface area contributed by atoms with Crippen LogP contribution in [0.1, 0.15) is 91.8 Å².